The summed E-state index contributed by atoms with van der Waals surface area (Å²) >= 11 is 0. The van der Waals surface area contributed by atoms with Gasteiger partial charge in [0.15, 0.2) is 0 Å². The van der Waals surface area contributed by atoms with Gasteiger partial charge in [0.25, 0.3) is 0 Å². The van der Waals surface area contributed by atoms with E-state index in [1.165, 1.54) is 4.31 Å². The van der Waals surface area contributed by atoms with Crippen molar-refractivity contribution in [2.45, 2.75) is 44.6 Å². The van der Waals surface area contributed by atoms with E-state index in [0.717, 1.165) is 5.56 Å². The average Bonchev–Trinajstić information content (AvgIpc) is 2.68. The molecule has 1 N–H and O–H groups in total. The summed E-state index contributed by atoms with van der Waals surface area (Å²) in [4.78, 5) is 26.2. The van der Waals surface area contributed by atoms with Gasteiger partial charge in [0.1, 0.15) is 0 Å². The van der Waals surface area contributed by atoms with Gasteiger partial charge >= 0.3 is 0 Å². The van der Waals surface area contributed by atoms with Gasteiger partial charge in [-0.25, -0.2) is 8.42 Å². The van der Waals surface area contributed by atoms with Crippen molar-refractivity contribution in [3.05, 3.63) is 29.3 Å². The van der Waals surface area contributed by atoms with Crippen molar-refractivity contribution in [1.82, 2.24) is 14.5 Å². The van der Waals surface area contributed by atoms with Gasteiger partial charge in [-0.15, -0.1) is 0 Å². The monoisotopic (exact) mass is 425 g/mol. The van der Waals surface area contributed by atoms with E-state index in [1.54, 1.807) is 31.1 Å². The van der Waals surface area contributed by atoms with E-state index in [-0.39, 0.29) is 43.8 Å². The minimum Gasteiger partial charge on any atom is -0.383 e. The van der Waals surface area contributed by atoms with E-state index < -0.39 is 10.0 Å². The lowest BCUT2D eigenvalue weighted by Crippen LogP contribution is -2.50. The molecule has 0 aromatic heterocycles. The zero-order valence-corrected chi connectivity index (χ0v) is 18.4. The molecule has 2 amide bonds. The summed E-state index contributed by atoms with van der Waals surface area (Å²) in [6, 6.07) is 5.27. The van der Waals surface area contributed by atoms with Crippen molar-refractivity contribution in [3.63, 3.8) is 0 Å². The predicted molar refractivity (Wildman–Crippen MR) is 110 cm³/mol. The minimum atomic E-state index is -3.59. The highest BCUT2D eigenvalue weighted by Gasteiger charge is 2.31. The van der Waals surface area contributed by atoms with Crippen LogP contribution in [0.15, 0.2) is 23.1 Å². The standard InChI is InChI=1S/C20H31N3O5S/c1-15-5-6-16(2)18(13-15)29(26,27)23-11-9-22(10-12-23)20(25)8-7-19(24)21-17(3)14-28-4/h5-6,13,17H,7-12,14H2,1-4H3,(H,21,24). The molecule has 9 heteroatoms. The molecule has 29 heavy (non-hydrogen) atoms. The fourth-order valence-corrected chi connectivity index (χ4v) is 5.05. The number of nitrogens with zero attached hydrogens (tertiary/aromatic N) is 2. The van der Waals surface area contributed by atoms with Gasteiger partial charge in [0, 0.05) is 52.2 Å². The quantitative estimate of drug-likeness (QED) is 0.672. The molecular formula is C20H31N3O5S. The van der Waals surface area contributed by atoms with Crippen LogP contribution in [-0.4, -0.2) is 75.4 Å². The van der Waals surface area contributed by atoms with Crippen molar-refractivity contribution in [2.24, 2.45) is 0 Å². The van der Waals surface area contributed by atoms with E-state index in [9.17, 15) is 18.0 Å². The number of nitrogens with one attached hydrogen (secondary N) is 1. The summed E-state index contributed by atoms with van der Waals surface area (Å²) in [6.07, 6.45) is 0.211. The molecule has 8 nitrogen and oxygen atoms in total. The highest BCUT2D eigenvalue weighted by atomic mass is 32.2. The molecule has 1 aromatic rings. The molecule has 1 aliphatic rings. The van der Waals surface area contributed by atoms with Crippen LogP contribution >= 0.6 is 0 Å². The lowest BCUT2D eigenvalue weighted by molar-refractivity contribution is -0.134. The number of piperazine rings is 1. The third kappa shape index (κ3) is 6.25. The predicted octanol–water partition coefficient (Wildman–Crippen LogP) is 1.07. The van der Waals surface area contributed by atoms with E-state index >= 15 is 0 Å². The van der Waals surface area contributed by atoms with Crippen LogP contribution in [0.25, 0.3) is 0 Å². The molecular weight excluding hydrogens is 394 g/mol. The zero-order valence-electron chi connectivity index (χ0n) is 17.6. The number of aryl methyl sites for hydroxylation is 2. The summed E-state index contributed by atoms with van der Waals surface area (Å²) in [6.45, 7) is 7.04. The molecule has 0 spiro atoms. The Bertz CT molecular complexity index is 833. The normalized spacial score (nSPS) is 16.5. The first-order chi connectivity index (χ1) is 13.6. The first-order valence-electron chi connectivity index (χ1n) is 9.78. The third-order valence-electron chi connectivity index (χ3n) is 4.94. The first-order valence-corrected chi connectivity index (χ1v) is 11.2. The van der Waals surface area contributed by atoms with Crippen molar-refractivity contribution >= 4 is 21.8 Å². The van der Waals surface area contributed by atoms with Gasteiger partial charge < -0.3 is 15.0 Å². The molecule has 1 saturated heterocycles. The maximum absolute atomic E-state index is 13.0. The van der Waals surface area contributed by atoms with E-state index in [4.69, 9.17) is 4.74 Å². The second-order valence-electron chi connectivity index (χ2n) is 7.48. The Kier molecular flexibility index (Phi) is 8.18. The van der Waals surface area contributed by atoms with Crippen LogP contribution in [0.5, 0.6) is 0 Å². The molecule has 2 rings (SSSR count). The number of carbonyl (C=O) groups excluding carboxylic acids is 2. The number of methoxy groups -OCH3 is 1. The maximum atomic E-state index is 13.0. The van der Waals surface area contributed by atoms with E-state index in [0.29, 0.717) is 30.2 Å². The highest BCUT2D eigenvalue weighted by molar-refractivity contribution is 7.89. The average molecular weight is 426 g/mol. The van der Waals surface area contributed by atoms with Crippen LogP contribution in [-0.2, 0) is 24.3 Å². The van der Waals surface area contributed by atoms with E-state index in [1.807, 2.05) is 19.9 Å². The number of benzene rings is 1. The number of ether oxygens (including phenoxy) is 1. The summed E-state index contributed by atoms with van der Waals surface area (Å²) < 4.78 is 32.3. The van der Waals surface area contributed by atoms with Crippen LogP contribution in [0.4, 0.5) is 0 Å². The Morgan fingerprint density at radius 1 is 1.14 bits per heavy atom. The van der Waals surface area contributed by atoms with Crippen molar-refractivity contribution < 1.29 is 22.7 Å². The molecule has 162 valence electrons. The molecule has 0 aliphatic carbocycles. The molecule has 0 saturated carbocycles. The van der Waals surface area contributed by atoms with Crippen LogP contribution in [0.1, 0.15) is 30.9 Å². The first kappa shape index (κ1) is 23.3. The Morgan fingerprint density at radius 2 is 1.79 bits per heavy atom. The van der Waals surface area contributed by atoms with Gasteiger partial charge in [-0.3, -0.25) is 9.59 Å². The molecule has 0 radical (unpaired) electrons. The van der Waals surface area contributed by atoms with Crippen LogP contribution in [0.3, 0.4) is 0 Å². The lowest BCUT2D eigenvalue weighted by Gasteiger charge is -2.34. The van der Waals surface area contributed by atoms with Crippen molar-refractivity contribution in [2.75, 3.05) is 39.9 Å². The molecule has 1 heterocycles. The largest absolute Gasteiger partial charge is 0.383 e. The Morgan fingerprint density at radius 3 is 2.41 bits per heavy atom. The fraction of sp³-hybridized carbons (Fsp3) is 0.600. The maximum Gasteiger partial charge on any atom is 0.243 e. The number of carbonyl (C=O) groups is 2. The number of rotatable bonds is 8. The van der Waals surface area contributed by atoms with Gasteiger partial charge in [-0.2, -0.15) is 4.31 Å². The number of hydrogen-bond acceptors (Lipinski definition) is 5. The topological polar surface area (TPSA) is 96.0 Å². The van der Waals surface area contributed by atoms with Crippen LogP contribution in [0.2, 0.25) is 0 Å². The van der Waals surface area contributed by atoms with Gasteiger partial charge in [-0.05, 0) is 38.0 Å². The number of hydrogen-bond donors (Lipinski definition) is 1. The van der Waals surface area contributed by atoms with Crippen LogP contribution in [0, 0.1) is 13.8 Å². The fourth-order valence-electron chi connectivity index (χ4n) is 3.32. The lowest BCUT2D eigenvalue weighted by atomic mass is 10.2. The van der Waals surface area contributed by atoms with E-state index in [2.05, 4.69) is 5.32 Å². The smallest absolute Gasteiger partial charge is 0.243 e. The van der Waals surface area contributed by atoms with Crippen molar-refractivity contribution in [1.29, 1.82) is 0 Å². The second-order valence-corrected chi connectivity index (χ2v) is 9.38. The Labute approximate surface area is 173 Å². The number of amides is 2. The molecule has 1 fully saturated rings. The molecule has 1 unspecified atom stereocenters. The molecule has 1 atom stereocenters. The second kappa shape index (κ2) is 10.2. The van der Waals surface area contributed by atoms with Crippen LogP contribution < -0.4 is 5.32 Å². The zero-order chi connectivity index (χ0) is 21.6. The molecule has 1 aromatic carbocycles. The summed E-state index contributed by atoms with van der Waals surface area (Å²) in [5, 5.41) is 2.77. The number of sulfonamides is 1. The third-order valence-corrected chi connectivity index (χ3v) is 6.98. The highest BCUT2D eigenvalue weighted by Crippen LogP contribution is 2.22. The molecule has 1 aliphatic heterocycles. The van der Waals surface area contributed by atoms with Gasteiger partial charge in [0.05, 0.1) is 11.5 Å². The Balaban J connectivity index is 1.87. The summed E-state index contributed by atoms with van der Waals surface area (Å²) in [5.41, 5.74) is 1.60. The van der Waals surface area contributed by atoms with Crippen molar-refractivity contribution in [3.8, 4) is 0 Å². The Hall–Kier alpha value is -1.97. The van der Waals surface area contributed by atoms with Gasteiger partial charge in [0.2, 0.25) is 21.8 Å². The summed E-state index contributed by atoms with van der Waals surface area (Å²) in [5.74, 6) is -0.331. The van der Waals surface area contributed by atoms with Gasteiger partial charge in [-0.1, -0.05) is 12.1 Å². The molecule has 0 bridgehead atoms. The minimum absolute atomic E-state index is 0.105. The SMILES string of the molecule is COCC(C)NC(=O)CCC(=O)N1CCN(S(=O)(=O)c2cc(C)ccc2C)CC1. The summed E-state index contributed by atoms with van der Waals surface area (Å²) in [7, 11) is -2.03.